The molecular weight excluding hydrogens is 202 g/mol. The van der Waals surface area contributed by atoms with E-state index in [0.29, 0.717) is 6.54 Å². The Bertz CT molecular complexity index is 422. The van der Waals surface area contributed by atoms with Crippen molar-refractivity contribution in [3.63, 3.8) is 0 Å². The summed E-state index contributed by atoms with van der Waals surface area (Å²) >= 11 is 0. The van der Waals surface area contributed by atoms with E-state index in [4.69, 9.17) is 10.2 Å². The maximum atomic E-state index is 5.52. The van der Waals surface area contributed by atoms with E-state index in [-0.39, 0.29) is 0 Å². The number of rotatable bonds is 4. The summed E-state index contributed by atoms with van der Waals surface area (Å²) in [5.41, 5.74) is 7.69. The van der Waals surface area contributed by atoms with Crippen LogP contribution >= 0.6 is 0 Å². The van der Waals surface area contributed by atoms with Crippen LogP contribution in [0.15, 0.2) is 41.3 Å². The lowest BCUT2D eigenvalue weighted by Gasteiger charge is -2.17. The minimum absolute atomic E-state index is 0.527. The van der Waals surface area contributed by atoms with E-state index in [9.17, 15) is 0 Å². The summed E-state index contributed by atoms with van der Waals surface area (Å²) in [6, 6.07) is 5.92. The number of aromatic nitrogens is 1. The molecule has 16 heavy (non-hydrogen) atoms. The first kappa shape index (κ1) is 10.7. The van der Waals surface area contributed by atoms with Crippen molar-refractivity contribution in [1.82, 2.24) is 4.98 Å². The quantitative estimate of drug-likeness (QED) is 0.848. The highest BCUT2D eigenvalue weighted by molar-refractivity contribution is 5.39. The summed E-state index contributed by atoms with van der Waals surface area (Å²) in [4.78, 5) is 6.41. The van der Waals surface area contributed by atoms with Gasteiger partial charge in [0.25, 0.3) is 0 Å². The Morgan fingerprint density at radius 1 is 1.31 bits per heavy atom. The largest absolute Gasteiger partial charge is 0.472 e. The zero-order chi connectivity index (χ0) is 11.4. The molecule has 2 heterocycles. The van der Waals surface area contributed by atoms with E-state index in [1.165, 1.54) is 0 Å². The topological polar surface area (TPSA) is 55.3 Å². The maximum Gasteiger partial charge on any atom is 0.128 e. The standard InChI is InChI=1S/C12H15N3O/c1-15(8-11-4-5-16-9-11)12-3-2-10(6-13)7-14-12/h2-5,7,9H,6,8,13H2,1H3. The van der Waals surface area contributed by atoms with Gasteiger partial charge in [0.2, 0.25) is 0 Å². The van der Waals surface area contributed by atoms with Crippen LogP contribution in [0.1, 0.15) is 11.1 Å². The van der Waals surface area contributed by atoms with Crippen LogP contribution in [0.3, 0.4) is 0 Å². The molecule has 0 aromatic carbocycles. The second-order valence-electron chi connectivity index (χ2n) is 3.72. The van der Waals surface area contributed by atoms with Gasteiger partial charge in [-0.25, -0.2) is 4.98 Å². The highest BCUT2D eigenvalue weighted by atomic mass is 16.3. The van der Waals surface area contributed by atoms with Gasteiger partial charge in [-0.3, -0.25) is 0 Å². The third-order valence-corrected chi connectivity index (χ3v) is 2.44. The summed E-state index contributed by atoms with van der Waals surface area (Å²) in [7, 11) is 2.00. The van der Waals surface area contributed by atoms with Crippen molar-refractivity contribution >= 4 is 5.82 Å². The van der Waals surface area contributed by atoms with Crippen molar-refractivity contribution in [3.05, 3.63) is 48.0 Å². The number of furan rings is 1. The smallest absolute Gasteiger partial charge is 0.128 e. The fraction of sp³-hybridized carbons (Fsp3) is 0.250. The molecule has 2 aromatic rings. The summed E-state index contributed by atoms with van der Waals surface area (Å²) in [6.45, 7) is 1.31. The third-order valence-electron chi connectivity index (χ3n) is 2.44. The third kappa shape index (κ3) is 2.41. The number of hydrogen-bond donors (Lipinski definition) is 1. The van der Waals surface area contributed by atoms with Gasteiger partial charge in [0, 0.05) is 31.9 Å². The van der Waals surface area contributed by atoms with Crippen molar-refractivity contribution in [2.24, 2.45) is 5.73 Å². The van der Waals surface area contributed by atoms with Crippen LogP contribution in [0.5, 0.6) is 0 Å². The van der Waals surface area contributed by atoms with Crippen LogP contribution in [0.4, 0.5) is 5.82 Å². The fourth-order valence-electron chi connectivity index (χ4n) is 1.50. The summed E-state index contributed by atoms with van der Waals surface area (Å²) in [6.07, 6.45) is 5.22. The first-order valence-electron chi connectivity index (χ1n) is 5.17. The Balaban J connectivity index is 2.05. The maximum absolute atomic E-state index is 5.52. The molecule has 2 rings (SSSR count). The van der Waals surface area contributed by atoms with Crippen molar-refractivity contribution in [2.45, 2.75) is 13.1 Å². The average molecular weight is 217 g/mol. The van der Waals surface area contributed by atoms with Crippen LogP contribution in [0.25, 0.3) is 0 Å². The molecule has 0 spiro atoms. The number of anilines is 1. The lowest BCUT2D eigenvalue weighted by molar-refractivity contribution is 0.563. The number of pyridine rings is 1. The molecule has 0 saturated heterocycles. The number of nitrogens with two attached hydrogens (primary N) is 1. The second kappa shape index (κ2) is 4.81. The molecule has 4 heteroatoms. The highest BCUT2D eigenvalue weighted by Gasteiger charge is 2.04. The van der Waals surface area contributed by atoms with Gasteiger partial charge >= 0.3 is 0 Å². The summed E-state index contributed by atoms with van der Waals surface area (Å²) < 4.78 is 5.02. The Labute approximate surface area is 94.7 Å². The molecular formula is C12H15N3O. The van der Waals surface area contributed by atoms with E-state index in [1.54, 1.807) is 18.7 Å². The van der Waals surface area contributed by atoms with Gasteiger partial charge in [-0.15, -0.1) is 0 Å². The number of nitrogens with zero attached hydrogens (tertiary/aromatic N) is 2. The monoisotopic (exact) mass is 217 g/mol. The van der Waals surface area contributed by atoms with Crippen LogP contribution < -0.4 is 10.6 Å². The minimum Gasteiger partial charge on any atom is -0.472 e. The van der Waals surface area contributed by atoms with Crippen molar-refractivity contribution < 1.29 is 4.42 Å². The molecule has 2 aromatic heterocycles. The Morgan fingerprint density at radius 3 is 2.75 bits per heavy atom. The molecule has 0 radical (unpaired) electrons. The molecule has 0 aliphatic rings. The van der Waals surface area contributed by atoms with E-state index >= 15 is 0 Å². The SMILES string of the molecule is CN(Cc1ccoc1)c1ccc(CN)cn1. The first-order valence-corrected chi connectivity index (χ1v) is 5.17. The molecule has 2 N–H and O–H groups in total. The van der Waals surface area contributed by atoms with E-state index in [2.05, 4.69) is 9.88 Å². The van der Waals surface area contributed by atoms with Gasteiger partial charge in [0.05, 0.1) is 12.5 Å². The molecule has 84 valence electrons. The number of hydrogen-bond acceptors (Lipinski definition) is 4. The average Bonchev–Trinajstić information content (AvgIpc) is 2.82. The van der Waals surface area contributed by atoms with Crippen LogP contribution in [-0.2, 0) is 13.1 Å². The Kier molecular flexibility index (Phi) is 3.22. The van der Waals surface area contributed by atoms with Gasteiger partial charge in [-0.05, 0) is 17.7 Å². The molecule has 0 aliphatic carbocycles. The van der Waals surface area contributed by atoms with Gasteiger partial charge in [0.15, 0.2) is 0 Å². The molecule has 0 aliphatic heterocycles. The molecule has 0 unspecified atom stereocenters. The zero-order valence-electron chi connectivity index (χ0n) is 9.26. The lowest BCUT2D eigenvalue weighted by Crippen LogP contribution is -2.17. The van der Waals surface area contributed by atoms with Gasteiger partial charge in [0.1, 0.15) is 5.82 Å². The van der Waals surface area contributed by atoms with E-state index in [0.717, 1.165) is 23.5 Å². The molecule has 0 atom stereocenters. The molecule has 4 nitrogen and oxygen atoms in total. The predicted octanol–water partition coefficient (Wildman–Crippen LogP) is 1.77. The summed E-state index contributed by atoms with van der Waals surface area (Å²) in [5.74, 6) is 0.929. The van der Waals surface area contributed by atoms with Gasteiger partial charge < -0.3 is 15.1 Å². The Hall–Kier alpha value is -1.81. The zero-order valence-corrected chi connectivity index (χ0v) is 9.26. The predicted molar refractivity (Wildman–Crippen MR) is 62.9 cm³/mol. The van der Waals surface area contributed by atoms with Crippen molar-refractivity contribution in [1.29, 1.82) is 0 Å². The van der Waals surface area contributed by atoms with Gasteiger partial charge in [-0.2, -0.15) is 0 Å². The molecule has 0 amide bonds. The fourth-order valence-corrected chi connectivity index (χ4v) is 1.50. The highest BCUT2D eigenvalue weighted by Crippen LogP contribution is 2.13. The second-order valence-corrected chi connectivity index (χ2v) is 3.72. The van der Waals surface area contributed by atoms with Crippen molar-refractivity contribution in [2.75, 3.05) is 11.9 Å². The lowest BCUT2D eigenvalue weighted by atomic mass is 10.2. The van der Waals surface area contributed by atoms with Crippen LogP contribution in [-0.4, -0.2) is 12.0 Å². The molecule has 0 bridgehead atoms. The normalized spacial score (nSPS) is 10.4. The first-order chi connectivity index (χ1) is 7.79. The molecule has 0 saturated carbocycles. The van der Waals surface area contributed by atoms with Gasteiger partial charge in [-0.1, -0.05) is 6.07 Å². The minimum atomic E-state index is 0.527. The van der Waals surface area contributed by atoms with E-state index < -0.39 is 0 Å². The van der Waals surface area contributed by atoms with Crippen molar-refractivity contribution in [3.8, 4) is 0 Å². The molecule has 0 fully saturated rings. The van der Waals surface area contributed by atoms with E-state index in [1.807, 2.05) is 25.2 Å². The summed E-state index contributed by atoms with van der Waals surface area (Å²) in [5, 5.41) is 0. The van der Waals surface area contributed by atoms with Crippen LogP contribution in [0, 0.1) is 0 Å². The van der Waals surface area contributed by atoms with Crippen LogP contribution in [0.2, 0.25) is 0 Å². The Morgan fingerprint density at radius 2 is 2.19 bits per heavy atom.